The number of rotatable bonds is 5. The second-order valence-electron chi connectivity index (χ2n) is 5.78. The van der Waals surface area contributed by atoms with E-state index in [-0.39, 0.29) is 5.97 Å². The minimum atomic E-state index is -0.275. The van der Waals surface area contributed by atoms with E-state index in [1.54, 1.807) is 0 Å². The summed E-state index contributed by atoms with van der Waals surface area (Å²) in [7, 11) is 0. The number of carbonyl (C=O) groups excluding carboxylic acids is 1. The number of carbonyl (C=O) groups is 1. The van der Waals surface area contributed by atoms with Crippen LogP contribution in [-0.4, -0.2) is 37.0 Å². The molecule has 4 nitrogen and oxygen atoms in total. The first kappa shape index (κ1) is 16.0. The van der Waals surface area contributed by atoms with Crippen LogP contribution >= 0.6 is 0 Å². The molecular weight excluding hydrogens is 264 g/mol. The molecule has 4 heteroatoms. The number of piperazine rings is 1. The van der Waals surface area contributed by atoms with Gasteiger partial charge in [0, 0.05) is 39.1 Å². The highest BCUT2D eigenvalue weighted by Crippen LogP contribution is 2.31. The average molecular weight is 290 g/mol. The van der Waals surface area contributed by atoms with Crippen LogP contribution in [0.5, 0.6) is 5.75 Å². The van der Waals surface area contributed by atoms with Gasteiger partial charge in [-0.1, -0.05) is 32.4 Å². The fourth-order valence-electron chi connectivity index (χ4n) is 2.98. The molecule has 2 rings (SSSR count). The quantitative estimate of drug-likeness (QED) is 0.668. The monoisotopic (exact) mass is 290 g/mol. The molecule has 0 radical (unpaired) electrons. The van der Waals surface area contributed by atoms with Gasteiger partial charge in [-0.15, -0.1) is 0 Å². The lowest BCUT2D eigenvalue weighted by atomic mass is 9.90. The Hall–Kier alpha value is -1.39. The minimum absolute atomic E-state index is 0.275. The van der Waals surface area contributed by atoms with Crippen molar-refractivity contribution in [2.24, 2.45) is 5.92 Å². The first-order chi connectivity index (χ1) is 10.1. The molecule has 1 aromatic carbocycles. The summed E-state index contributed by atoms with van der Waals surface area (Å²) in [5.74, 6) is 0.945. The highest BCUT2D eigenvalue weighted by Gasteiger charge is 2.26. The number of ether oxygens (including phenoxy) is 1. The standard InChI is InChI=1S/C17H26N2O2/c1-4-13(2)17(19-11-9-18-10-12-19)15-5-7-16(8-6-15)21-14(3)20/h5-8,13,17-18H,4,9-12H2,1-3H3/t13?,17-/m1/s1. The maximum Gasteiger partial charge on any atom is 0.308 e. The molecule has 1 fully saturated rings. The van der Waals surface area contributed by atoms with Crippen molar-refractivity contribution >= 4 is 5.97 Å². The minimum Gasteiger partial charge on any atom is -0.427 e. The van der Waals surface area contributed by atoms with E-state index in [2.05, 4.69) is 36.2 Å². The lowest BCUT2D eigenvalue weighted by Crippen LogP contribution is -2.46. The van der Waals surface area contributed by atoms with Crippen LogP contribution in [0.1, 0.15) is 38.8 Å². The van der Waals surface area contributed by atoms with Crippen molar-refractivity contribution < 1.29 is 9.53 Å². The molecule has 1 heterocycles. The van der Waals surface area contributed by atoms with Gasteiger partial charge in [-0.2, -0.15) is 0 Å². The molecule has 1 aliphatic rings. The summed E-state index contributed by atoms with van der Waals surface area (Å²) in [5.41, 5.74) is 1.31. The Balaban J connectivity index is 2.17. The van der Waals surface area contributed by atoms with Crippen molar-refractivity contribution in [2.75, 3.05) is 26.2 Å². The van der Waals surface area contributed by atoms with E-state index in [0.29, 0.717) is 17.7 Å². The van der Waals surface area contributed by atoms with Gasteiger partial charge in [0.15, 0.2) is 0 Å². The van der Waals surface area contributed by atoms with Gasteiger partial charge in [0.2, 0.25) is 0 Å². The lowest BCUT2D eigenvalue weighted by Gasteiger charge is -2.38. The maximum absolute atomic E-state index is 11.0. The Bertz CT molecular complexity index is 452. The topological polar surface area (TPSA) is 41.6 Å². The fraction of sp³-hybridized carbons (Fsp3) is 0.588. The van der Waals surface area contributed by atoms with Crippen LogP contribution in [0.2, 0.25) is 0 Å². The average Bonchev–Trinajstić information content (AvgIpc) is 2.49. The van der Waals surface area contributed by atoms with Gasteiger partial charge in [0.1, 0.15) is 5.75 Å². The summed E-state index contributed by atoms with van der Waals surface area (Å²) in [4.78, 5) is 13.6. The Morgan fingerprint density at radius 3 is 2.43 bits per heavy atom. The summed E-state index contributed by atoms with van der Waals surface area (Å²) < 4.78 is 5.12. The molecule has 0 bridgehead atoms. The van der Waals surface area contributed by atoms with Crippen LogP contribution < -0.4 is 10.1 Å². The van der Waals surface area contributed by atoms with Gasteiger partial charge in [-0.05, 0) is 23.6 Å². The molecule has 2 atom stereocenters. The first-order valence-electron chi connectivity index (χ1n) is 7.85. The van der Waals surface area contributed by atoms with E-state index < -0.39 is 0 Å². The third-order valence-corrected chi connectivity index (χ3v) is 4.21. The SMILES string of the molecule is CCC(C)[C@H](c1ccc(OC(C)=O)cc1)N1CCNCC1. The zero-order valence-corrected chi connectivity index (χ0v) is 13.3. The smallest absolute Gasteiger partial charge is 0.308 e. The van der Waals surface area contributed by atoms with Crippen molar-refractivity contribution in [3.63, 3.8) is 0 Å². The van der Waals surface area contributed by atoms with E-state index in [0.717, 1.165) is 32.6 Å². The van der Waals surface area contributed by atoms with E-state index in [1.807, 2.05) is 12.1 Å². The molecule has 1 aliphatic heterocycles. The van der Waals surface area contributed by atoms with E-state index in [9.17, 15) is 4.79 Å². The van der Waals surface area contributed by atoms with Crippen molar-refractivity contribution in [1.29, 1.82) is 0 Å². The zero-order valence-electron chi connectivity index (χ0n) is 13.3. The zero-order chi connectivity index (χ0) is 15.2. The summed E-state index contributed by atoms with van der Waals surface area (Å²) >= 11 is 0. The Morgan fingerprint density at radius 2 is 1.90 bits per heavy atom. The lowest BCUT2D eigenvalue weighted by molar-refractivity contribution is -0.131. The van der Waals surface area contributed by atoms with Gasteiger partial charge in [0.25, 0.3) is 0 Å². The summed E-state index contributed by atoms with van der Waals surface area (Å²) in [6.07, 6.45) is 1.15. The number of nitrogens with one attached hydrogen (secondary N) is 1. The van der Waals surface area contributed by atoms with Crippen molar-refractivity contribution in [3.8, 4) is 5.75 Å². The molecule has 1 saturated heterocycles. The molecule has 116 valence electrons. The molecule has 1 unspecified atom stereocenters. The first-order valence-corrected chi connectivity index (χ1v) is 7.85. The molecule has 0 saturated carbocycles. The molecule has 0 aromatic heterocycles. The van der Waals surface area contributed by atoms with E-state index >= 15 is 0 Å². The number of benzene rings is 1. The second kappa shape index (κ2) is 7.57. The molecule has 0 aliphatic carbocycles. The fourth-order valence-corrected chi connectivity index (χ4v) is 2.98. The highest BCUT2D eigenvalue weighted by molar-refractivity contribution is 5.69. The van der Waals surface area contributed by atoms with Crippen LogP contribution in [0.4, 0.5) is 0 Å². The number of hydrogen-bond donors (Lipinski definition) is 1. The van der Waals surface area contributed by atoms with Crippen molar-refractivity contribution in [1.82, 2.24) is 10.2 Å². The molecule has 0 amide bonds. The van der Waals surface area contributed by atoms with Crippen LogP contribution in [0, 0.1) is 5.92 Å². The largest absolute Gasteiger partial charge is 0.427 e. The molecule has 1 N–H and O–H groups in total. The molecular formula is C17H26N2O2. The maximum atomic E-state index is 11.0. The van der Waals surface area contributed by atoms with E-state index in [1.165, 1.54) is 12.5 Å². The summed E-state index contributed by atoms with van der Waals surface area (Å²) in [5, 5.41) is 3.41. The number of esters is 1. The van der Waals surface area contributed by atoms with Crippen molar-refractivity contribution in [2.45, 2.75) is 33.2 Å². The Kier molecular flexibility index (Phi) is 5.76. The van der Waals surface area contributed by atoms with Gasteiger partial charge in [-0.3, -0.25) is 9.69 Å². The normalized spacial score (nSPS) is 19.0. The van der Waals surface area contributed by atoms with Gasteiger partial charge >= 0.3 is 5.97 Å². The molecule has 21 heavy (non-hydrogen) atoms. The Morgan fingerprint density at radius 1 is 1.29 bits per heavy atom. The number of nitrogens with zero attached hydrogens (tertiary/aromatic N) is 1. The third kappa shape index (κ3) is 4.29. The second-order valence-corrected chi connectivity index (χ2v) is 5.78. The molecule has 0 spiro atoms. The predicted octanol–water partition coefficient (Wildman–Crippen LogP) is 2.60. The highest BCUT2D eigenvalue weighted by atomic mass is 16.5. The van der Waals surface area contributed by atoms with Crippen LogP contribution in [0.3, 0.4) is 0 Å². The van der Waals surface area contributed by atoms with Crippen LogP contribution in [0.25, 0.3) is 0 Å². The number of hydrogen-bond acceptors (Lipinski definition) is 4. The van der Waals surface area contributed by atoms with E-state index in [4.69, 9.17) is 4.74 Å². The summed E-state index contributed by atoms with van der Waals surface area (Å²) in [6.45, 7) is 10.3. The Labute approximate surface area is 127 Å². The molecule has 1 aromatic rings. The summed E-state index contributed by atoms with van der Waals surface area (Å²) in [6, 6.07) is 8.42. The van der Waals surface area contributed by atoms with Gasteiger partial charge < -0.3 is 10.1 Å². The van der Waals surface area contributed by atoms with Crippen LogP contribution in [-0.2, 0) is 4.79 Å². The van der Waals surface area contributed by atoms with Crippen LogP contribution in [0.15, 0.2) is 24.3 Å². The third-order valence-electron chi connectivity index (χ3n) is 4.21. The van der Waals surface area contributed by atoms with Crippen molar-refractivity contribution in [3.05, 3.63) is 29.8 Å². The predicted molar refractivity (Wildman–Crippen MR) is 84.4 cm³/mol. The van der Waals surface area contributed by atoms with Gasteiger partial charge in [-0.25, -0.2) is 0 Å². The van der Waals surface area contributed by atoms with Gasteiger partial charge in [0.05, 0.1) is 0 Å².